The van der Waals surface area contributed by atoms with E-state index in [0.717, 1.165) is 6.42 Å². The highest BCUT2D eigenvalue weighted by molar-refractivity contribution is 6.00. The Hall–Kier alpha value is -3.07. The molecular formula is C20H23N3O6. The van der Waals surface area contributed by atoms with E-state index in [1.54, 1.807) is 18.2 Å². The van der Waals surface area contributed by atoms with E-state index in [2.05, 4.69) is 10.6 Å². The Balaban J connectivity index is 1.59. The number of fused-ring (bicyclic) bond motifs is 3. The van der Waals surface area contributed by atoms with Gasteiger partial charge in [0.2, 0.25) is 5.91 Å². The predicted octanol–water partition coefficient (Wildman–Crippen LogP) is 1.24. The molecule has 0 spiro atoms. The molecule has 2 aliphatic heterocycles. The van der Waals surface area contributed by atoms with Crippen LogP contribution < -0.4 is 10.6 Å². The molecule has 2 heterocycles. The lowest BCUT2D eigenvalue weighted by molar-refractivity contribution is -0.163. The van der Waals surface area contributed by atoms with Crippen molar-refractivity contribution in [2.75, 3.05) is 5.32 Å². The smallest absolute Gasteiger partial charge is 0.352 e. The van der Waals surface area contributed by atoms with Crippen LogP contribution in [-0.4, -0.2) is 56.3 Å². The number of aliphatic hydroxyl groups is 1. The fraction of sp³-hybridized carbons (Fsp3) is 0.450. The molecule has 3 aliphatic rings. The van der Waals surface area contributed by atoms with Gasteiger partial charge >= 0.3 is 12.0 Å². The monoisotopic (exact) mass is 401 g/mol. The summed E-state index contributed by atoms with van der Waals surface area (Å²) in [4.78, 5) is 38.2. The van der Waals surface area contributed by atoms with Crippen molar-refractivity contribution in [1.82, 2.24) is 10.2 Å². The Labute approximate surface area is 167 Å². The van der Waals surface area contributed by atoms with Crippen LogP contribution in [0.15, 0.2) is 35.5 Å². The summed E-state index contributed by atoms with van der Waals surface area (Å²) in [5, 5.41) is 34.9. The fourth-order valence-electron chi connectivity index (χ4n) is 4.93. The SMILES string of the molecule is CC(O)[C@H]1C(=O)N2C(C(=O)O)=C3[C@@H](NC(=O)Nc4ccccc4O)CCC[C@@H]3[C@H]12. The topological polar surface area (TPSA) is 139 Å². The number of aromatic hydroxyl groups is 1. The normalized spacial score (nSPS) is 28.9. The van der Waals surface area contributed by atoms with Crippen molar-refractivity contribution < 1.29 is 29.7 Å². The number of nitrogens with zero attached hydrogens (tertiary/aromatic N) is 1. The molecule has 3 amide bonds. The van der Waals surface area contributed by atoms with E-state index in [0.29, 0.717) is 18.4 Å². The van der Waals surface area contributed by atoms with Crippen LogP contribution in [0.25, 0.3) is 0 Å². The van der Waals surface area contributed by atoms with Gasteiger partial charge in [0.05, 0.1) is 29.8 Å². The molecular weight excluding hydrogens is 378 g/mol. The summed E-state index contributed by atoms with van der Waals surface area (Å²) in [5.41, 5.74) is 0.705. The minimum atomic E-state index is -1.21. The minimum Gasteiger partial charge on any atom is -0.506 e. The minimum absolute atomic E-state index is 0.0746. The number of phenolic OH excluding ortho intramolecular Hbond substituents is 1. The van der Waals surface area contributed by atoms with Crippen LogP contribution in [0.3, 0.4) is 0 Å². The van der Waals surface area contributed by atoms with Gasteiger partial charge in [0.15, 0.2) is 0 Å². The number of para-hydroxylation sites is 2. The first kappa shape index (κ1) is 19.3. The number of hydrogen-bond donors (Lipinski definition) is 5. The molecule has 0 radical (unpaired) electrons. The molecule has 5 N–H and O–H groups in total. The van der Waals surface area contributed by atoms with E-state index in [4.69, 9.17) is 0 Å². The van der Waals surface area contributed by atoms with E-state index >= 15 is 0 Å². The number of hydrogen-bond acceptors (Lipinski definition) is 5. The number of urea groups is 1. The highest BCUT2D eigenvalue weighted by atomic mass is 16.4. The van der Waals surface area contributed by atoms with E-state index in [9.17, 15) is 29.7 Å². The Bertz CT molecular complexity index is 911. The molecule has 1 aromatic rings. The number of aliphatic hydroxyl groups excluding tert-OH is 1. The number of carbonyl (C=O) groups is 3. The third-order valence-electron chi connectivity index (χ3n) is 6.08. The average molecular weight is 401 g/mol. The van der Waals surface area contributed by atoms with Gasteiger partial charge in [0.1, 0.15) is 11.4 Å². The van der Waals surface area contributed by atoms with Crippen LogP contribution in [0.1, 0.15) is 26.2 Å². The van der Waals surface area contributed by atoms with Crippen LogP contribution in [0.5, 0.6) is 5.75 Å². The standard InChI is InChI=1S/C20H23N3O6/c1-9(24)14-16-10-5-4-7-12(15(10)17(19(27)28)23(16)18(14)26)22-20(29)21-11-6-2-3-8-13(11)25/h2-3,6,8-10,12,14,16,24-25H,4-5,7H2,1H3,(H,27,28)(H2,21,22,29)/t9?,10-,12-,14+,16+/m0/s1. The van der Waals surface area contributed by atoms with Crippen molar-refractivity contribution in [2.45, 2.75) is 44.4 Å². The van der Waals surface area contributed by atoms with Crippen LogP contribution in [0.4, 0.5) is 10.5 Å². The van der Waals surface area contributed by atoms with Gasteiger partial charge in [-0.3, -0.25) is 4.79 Å². The average Bonchev–Trinajstić information content (AvgIpc) is 2.95. The largest absolute Gasteiger partial charge is 0.506 e. The maximum Gasteiger partial charge on any atom is 0.352 e. The number of aliphatic carboxylic acids is 1. The number of amides is 3. The number of carboxylic acids is 1. The zero-order valence-corrected chi connectivity index (χ0v) is 15.8. The van der Waals surface area contributed by atoms with Crippen molar-refractivity contribution in [3.63, 3.8) is 0 Å². The lowest BCUT2D eigenvalue weighted by Gasteiger charge is -2.47. The van der Waals surface area contributed by atoms with Gasteiger partial charge in [-0.1, -0.05) is 18.6 Å². The van der Waals surface area contributed by atoms with Gasteiger partial charge in [0.25, 0.3) is 0 Å². The van der Waals surface area contributed by atoms with Crippen LogP contribution >= 0.6 is 0 Å². The number of nitrogens with one attached hydrogen (secondary N) is 2. The van der Waals surface area contributed by atoms with E-state index in [-0.39, 0.29) is 35.0 Å². The first-order chi connectivity index (χ1) is 13.8. The van der Waals surface area contributed by atoms with Gasteiger partial charge in [-0.05, 0) is 37.5 Å². The van der Waals surface area contributed by atoms with Crippen LogP contribution in [-0.2, 0) is 9.59 Å². The second-order valence-electron chi connectivity index (χ2n) is 7.78. The third kappa shape index (κ3) is 3.02. The Morgan fingerprint density at radius 2 is 1.97 bits per heavy atom. The molecule has 154 valence electrons. The summed E-state index contributed by atoms with van der Waals surface area (Å²) in [7, 11) is 0. The molecule has 5 atom stereocenters. The predicted molar refractivity (Wildman–Crippen MR) is 102 cm³/mol. The number of carbonyl (C=O) groups excluding carboxylic acids is 2. The first-order valence-electron chi connectivity index (χ1n) is 9.65. The molecule has 0 aromatic heterocycles. The fourth-order valence-corrected chi connectivity index (χ4v) is 4.93. The first-order valence-corrected chi connectivity index (χ1v) is 9.65. The third-order valence-corrected chi connectivity index (χ3v) is 6.08. The maximum atomic E-state index is 12.5. The van der Waals surface area contributed by atoms with E-state index in [1.807, 2.05) is 0 Å². The molecule has 1 unspecified atom stereocenters. The quantitative estimate of drug-likeness (QED) is 0.380. The Morgan fingerprint density at radius 1 is 1.24 bits per heavy atom. The van der Waals surface area contributed by atoms with Crippen LogP contribution in [0.2, 0.25) is 0 Å². The van der Waals surface area contributed by atoms with Crippen molar-refractivity contribution in [2.24, 2.45) is 11.8 Å². The molecule has 0 bridgehead atoms. The van der Waals surface area contributed by atoms with Crippen molar-refractivity contribution in [1.29, 1.82) is 0 Å². The summed E-state index contributed by atoms with van der Waals surface area (Å²) in [6.45, 7) is 1.54. The van der Waals surface area contributed by atoms with E-state index < -0.39 is 30.1 Å². The van der Waals surface area contributed by atoms with Crippen molar-refractivity contribution in [3.05, 3.63) is 35.5 Å². The number of anilines is 1. The Morgan fingerprint density at radius 3 is 2.62 bits per heavy atom. The second kappa shape index (κ2) is 7.07. The summed E-state index contributed by atoms with van der Waals surface area (Å²) in [6, 6.07) is 4.80. The van der Waals surface area contributed by atoms with Gasteiger partial charge in [-0.2, -0.15) is 0 Å². The molecule has 29 heavy (non-hydrogen) atoms. The summed E-state index contributed by atoms with van der Waals surface area (Å²) < 4.78 is 0. The number of benzene rings is 1. The summed E-state index contributed by atoms with van der Waals surface area (Å²) in [5.74, 6) is -2.50. The summed E-state index contributed by atoms with van der Waals surface area (Å²) in [6.07, 6.45) is 1.14. The highest BCUT2D eigenvalue weighted by Crippen LogP contribution is 2.52. The van der Waals surface area contributed by atoms with Gasteiger partial charge in [-0.25, -0.2) is 9.59 Å². The molecule has 1 aromatic carbocycles. The zero-order valence-electron chi connectivity index (χ0n) is 15.8. The highest BCUT2D eigenvalue weighted by Gasteiger charge is 2.62. The number of β-lactam (4-membered cyclic amide) rings is 1. The molecule has 2 fully saturated rings. The number of rotatable bonds is 4. The molecule has 9 nitrogen and oxygen atoms in total. The summed E-state index contributed by atoms with van der Waals surface area (Å²) >= 11 is 0. The van der Waals surface area contributed by atoms with Crippen molar-refractivity contribution >= 4 is 23.6 Å². The second-order valence-corrected chi connectivity index (χ2v) is 7.78. The lowest BCUT2D eigenvalue weighted by atomic mass is 9.71. The van der Waals surface area contributed by atoms with Gasteiger partial charge < -0.3 is 30.9 Å². The lowest BCUT2D eigenvalue weighted by Crippen LogP contribution is -2.64. The zero-order chi connectivity index (χ0) is 20.9. The molecule has 4 rings (SSSR count). The Kier molecular flexibility index (Phi) is 4.70. The van der Waals surface area contributed by atoms with Crippen LogP contribution in [0, 0.1) is 11.8 Å². The van der Waals surface area contributed by atoms with Crippen molar-refractivity contribution in [3.8, 4) is 5.75 Å². The number of phenols is 1. The maximum absolute atomic E-state index is 12.5. The molecule has 1 saturated carbocycles. The van der Waals surface area contributed by atoms with E-state index in [1.165, 1.54) is 17.9 Å². The molecule has 1 aliphatic carbocycles. The van der Waals surface area contributed by atoms with Gasteiger partial charge in [0, 0.05) is 5.92 Å². The molecule has 1 saturated heterocycles. The number of carboxylic acid groups (broad SMARTS) is 1. The molecule has 9 heteroatoms. The van der Waals surface area contributed by atoms with Gasteiger partial charge in [-0.15, -0.1) is 0 Å².